The van der Waals surface area contributed by atoms with E-state index in [1.54, 1.807) is 0 Å². The lowest BCUT2D eigenvalue weighted by Gasteiger charge is -2.05. The first kappa shape index (κ1) is 12.9. The molecule has 0 spiro atoms. The fourth-order valence-electron chi connectivity index (χ4n) is 1.13. The lowest BCUT2D eigenvalue weighted by atomic mass is 10.2. The molecule has 0 aromatic carbocycles. The fraction of sp³-hybridized carbons (Fsp3) is 0.600. The zero-order chi connectivity index (χ0) is 12.3. The minimum atomic E-state index is -0.698. The van der Waals surface area contributed by atoms with Crippen LogP contribution in [0, 0.1) is 0 Å². The molecule has 0 amide bonds. The molecule has 16 heavy (non-hydrogen) atoms. The summed E-state index contributed by atoms with van der Waals surface area (Å²) in [6.45, 7) is 6.77. The van der Waals surface area contributed by atoms with E-state index in [1.165, 1.54) is 13.8 Å². The molecule has 1 aromatic rings. The molecule has 88 valence electrons. The van der Waals surface area contributed by atoms with E-state index in [9.17, 15) is 9.59 Å². The highest BCUT2D eigenvalue weighted by molar-refractivity contribution is 8.01. The number of aromatic nitrogens is 3. The van der Waals surface area contributed by atoms with Gasteiger partial charge in [-0.25, -0.2) is 4.98 Å². The number of aromatic amines is 1. The first-order chi connectivity index (χ1) is 7.41. The quantitative estimate of drug-likeness (QED) is 0.625. The summed E-state index contributed by atoms with van der Waals surface area (Å²) >= 11 is 1.09. The molecule has 1 rings (SSSR count). The van der Waals surface area contributed by atoms with Crippen molar-refractivity contribution in [1.29, 1.82) is 0 Å². The number of rotatable bonds is 5. The summed E-state index contributed by atoms with van der Waals surface area (Å²) in [5.74, 6) is 0.658. The van der Waals surface area contributed by atoms with E-state index >= 15 is 0 Å². The molecule has 0 radical (unpaired) electrons. The molecule has 0 atom stereocenters. The van der Waals surface area contributed by atoms with Crippen molar-refractivity contribution >= 4 is 23.3 Å². The summed E-state index contributed by atoms with van der Waals surface area (Å²) in [5, 5.41) is 6.49. The minimum Gasteiger partial charge on any atom is -0.298 e. The van der Waals surface area contributed by atoms with Gasteiger partial charge < -0.3 is 0 Å². The lowest BCUT2D eigenvalue weighted by molar-refractivity contribution is -0.123. The van der Waals surface area contributed by atoms with Gasteiger partial charge >= 0.3 is 0 Å². The Kier molecular flexibility index (Phi) is 4.23. The van der Waals surface area contributed by atoms with E-state index in [2.05, 4.69) is 15.2 Å². The van der Waals surface area contributed by atoms with Gasteiger partial charge in [0.1, 0.15) is 11.1 Å². The van der Waals surface area contributed by atoms with Crippen LogP contribution < -0.4 is 0 Å². The lowest BCUT2D eigenvalue weighted by Crippen LogP contribution is -2.22. The van der Waals surface area contributed by atoms with Gasteiger partial charge in [-0.3, -0.25) is 14.7 Å². The number of thioether (sulfide) groups is 1. The Balaban J connectivity index is 2.78. The Morgan fingerprint density at radius 3 is 2.19 bits per heavy atom. The van der Waals surface area contributed by atoms with Crippen LogP contribution in [0.25, 0.3) is 0 Å². The average Bonchev–Trinajstić information content (AvgIpc) is 2.61. The second-order valence-electron chi connectivity index (χ2n) is 3.88. The Labute approximate surface area is 98.4 Å². The number of carbonyl (C=O) groups excluding carboxylic acids is 2. The van der Waals surface area contributed by atoms with Crippen LogP contribution in [0.4, 0.5) is 0 Å². The molecule has 0 saturated carbocycles. The summed E-state index contributed by atoms with van der Waals surface area (Å²) in [6.07, 6.45) is 0. The van der Waals surface area contributed by atoms with Gasteiger partial charge in [0.2, 0.25) is 5.16 Å². The van der Waals surface area contributed by atoms with Crippen LogP contribution in [-0.2, 0) is 9.59 Å². The third kappa shape index (κ3) is 3.16. The Hall–Kier alpha value is -1.17. The maximum Gasteiger partial charge on any atom is 0.209 e. The smallest absolute Gasteiger partial charge is 0.209 e. The third-order valence-electron chi connectivity index (χ3n) is 1.99. The highest BCUT2D eigenvalue weighted by Gasteiger charge is 2.23. The van der Waals surface area contributed by atoms with Crippen LogP contribution >= 0.6 is 11.8 Å². The van der Waals surface area contributed by atoms with Gasteiger partial charge in [-0.15, -0.1) is 5.10 Å². The molecule has 5 nitrogen and oxygen atoms in total. The number of hydrogen-bond acceptors (Lipinski definition) is 5. The molecule has 1 aromatic heterocycles. The van der Waals surface area contributed by atoms with Gasteiger partial charge in [-0.05, 0) is 13.8 Å². The predicted molar refractivity (Wildman–Crippen MR) is 61.5 cm³/mol. The largest absolute Gasteiger partial charge is 0.298 e. The van der Waals surface area contributed by atoms with Crippen molar-refractivity contribution in [3.63, 3.8) is 0 Å². The predicted octanol–water partition coefficient (Wildman–Crippen LogP) is 1.57. The highest BCUT2D eigenvalue weighted by Crippen LogP contribution is 2.22. The molecule has 0 fully saturated rings. The summed E-state index contributed by atoms with van der Waals surface area (Å²) in [6, 6.07) is 0. The van der Waals surface area contributed by atoms with Gasteiger partial charge in [-0.1, -0.05) is 25.6 Å². The standard InChI is InChI=1S/C10H15N3O2S/c1-5(2)9-11-10(13-12-9)16-8(6(3)14)7(4)15/h5,8H,1-4H3,(H,11,12,13). The van der Waals surface area contributed by atoms with Crippen molar-refractivity contribution in [2.45, 2.75) is 44.0 Å². The monoisotopic (exact) mass is 241 g/mol. The molecule has 0 unspecified atom stereocenters. The van der Waals surface area contributed by atoms with Gasteiger partial charge in [0.15, 0.2) is 11.6 Å². The molecule has 0 aliphatic heterocycles. The fourth-order valence-corrected chi connectivity index (χ4v) is 1.92. The molecule has 0 aliphatic rings. The van der Waals surface area contributed by atoms with Crippen LogP contribution in [0.1, 0.15) is 39.4 Å². The third-order valence-corrected chi connectivity index (χ3v) is 3.28. The second kappa shape index (κ2) is 5.25. The Morgan fingerprint density at radius 2 is 1.81 bits per heavy atom. The topological polar surface area (TPSA) is 75.7 Å². The van der Waals surface area contributed by atoms with Crippen molar-refractivity contribution in [1.82, 2.24) is 15.2 Å². The van der Waals surface area contributed by atoms with Crippen molar-refractivity contribution in [3.8, 4) is 0 Å². The molecule has 6 heteroatoms. The van der Waals surface area contributed by atoms with Gasteiger partial charge in [0, 0.05) is 5.92 Å². The van der Waals surface area contributed by atoms with E-state index in [1.807, 2.05) is 13.8 Å². The number of nitrogens with one attached hydrogen (secondary N) is 1. The molecule has 0 saturated heterocycles. The van der Waals surface area contributed by atoms with Gasteiger partial charge in [-0.2, -0.15) is 0 Å². The van der Waals surface area contributed by atoms with Gasteiger partial charge in [0.05, 0.1) is 0 Å². The summed E-state index contributed by atoms with van der Waals surface area (Å²) in [7, 11) is 0. The van der Waals surface area contributed by atoms with Crippen LogP contribution in [-0.4, -0.2) is 32.0 Å². The van der Waals surface area contributed by atoms with Crippen LogP contribution in [0.5, 0.6) is 0 Å². The maximum atomic E-state index is 11.2. The summed E-state index contributed by atoms with van der Waals surface area (Å²) in [5.41, 5.74) is 0. The maximum absolute atomic E-state index is 11.2. The molecular weight excluding hydrogens is 226 g/mol. The van der Waals surface area contributed by atoms with Crippen molar-refractivity contribution in [3.05, 3.63) is 5.82 Å². The summed E-state index contributed by atoms with van der Waals surface area (Å²) in [4.78, 5) is 26.7. The normalized spacial score (nSPS) is 11.1. The molecule has 1 heterocycles. The van der Waals surface area contributed by atoms with Crippen LogP contribution in [0.2, 0.25) is 0 Å². The van der Waals surface area contributed by atoms with E-state index in [4.69, 9.17) is 0 Å². The Bertz CT molecular complexity index is 387. The van der Waals surface area contributed by atoms with Gasteiger partial charge in [0.25, 0.3) is 0 Å². The number of H-pyrrole nitrogens is 1. The second-order valence-corrected chi connectivity index (χ2v) is 4.95. The van der Waals surface area contributed by atoms with E-state index in [-0.39, 0.29) is 17.5 Å². The number of carbonyl (C=O) groups is 2. The van der Waals surface area contributed by atoms with E-state index in [0.717, 1.165) is 17.6 Å². The molecular formula is C10H15N3O2S. The van der Waals surface area contributed by atoms with Crippen molar-refractivity contribution in [2.75, 3.05) is 0 Å². The number of Topliss-reactive ketones (excluding diaryl/α,β-unsaturated/α-hetero) is 2. The number of hydrogen-bond donors (Lipinski definition) is 1. The molecule has 0 aliphatic carbocycles. The first-order valence-corrected chi connectivity index (χ1v) is 5.89. The van der Waals surface area contributed by atoms with Crippen LogP contribution in [0.15, 0.2) is 5.16 Å². The zero-order valence-corrected chi connectivity index (χ0v) is 10.6. The minimum absolute atomic E-state index is 0.173. The van der Waals surface area contributed by atoms with Crippen LogP contribution in [0.3, 0.4) is 0 Å². The van der Waals surface area contributed by atoms with Crippen molar-refractivity contribution < 1.29 is 9.59 Å². The molecule has 1 N–H and O–H groups in total. The zero-order valence-electron chi connectivity index (χ0n) is 9.77. The average molecular weight is 241 g/mol. The van der Waals surface area contributed by atoms with E-state index in [0.29, 0.717) is 5.16 Å². The number of ketones is 2. The van der Waals surface area contributed by atoms with Crippen molar-refractivity contribution in [2.24, 2.45) is 0 Å². The SMILES string of the molecule is CC(=O)C(Sc1n[nH]c(C(C)C)n1)C(C)=O. The Morgan fingerprint density at radius 1 is 1.25 bits per heavy atom. The summed E-state index contributed by atoms with van der Waals surface area (Å²) < 4.78 is 0. The highest BCUT2D eigenvalue weighted by atomic mass is 32.2. The van der Waals surface area contributed by atoms with E-state index < -0.39 is 5.25 Å². The first-order valence-electron chi connectivity index (χ1n) is 5.01. The number of nitrogens with zero attached hydrogens (tertiary/aromatic N) is 2. The molecule has 0 bridgehead atoms.